The third kappa shape index (κ3) is 6.56. The summed E-state index contributed by atoms with van der Waals surface area (Å²) in [6.07, 6.45) is 4.96. The van der Waals surface area contributed by atoms with Gasteiger partial charge in [-0.2, -0.15) is 0 Å². The van der Waals surface area contributed by atoms with Crippen LogP contribution in [-0.4, -0.2) is 50.0 Å². The molecule has 3 rings (SSSR count). The van der Waals surface area contributed by atoms with E-state index in [0.717, 1.165) is 36.2 Å². The molecule has 1 N–H and O–H groups in total. The van der Waals surface area contributed by atoms with Crippen molar-refractivity contribution in [1.82, 2.24) is 10.2 Å². The molecule has 1 atom stereocenters. The zero-order valence-corrected chi connectivity index (χ0v) is 20.6. The SMILES string of the molecule is Cc1ccccc1N(CC(=O)N(Cc1ccc(F)cc1)[C@@H](C)C(=O)NC1CCCC1)S(C)(=O)=O. The number of halogens is 1. The van der Waals surface area contributed by atoms with E-state index in [1.807, 2.05) is 0 Å². The van der Waals surface area contributed by atoms with Crippen molar-refractivity contribution in [2.24, 2.45) is 0 Å². The molecule has 7 nitrogen and oxygen atoms in total. The van der Waals surface area contributed by atoms with E-state index in [9.17, 15) is 22.4 Å². The maximum absolute atomic E-state index is 13.5. The van der Waals surface area contributed by atoms with Crippen LogP contribution < -0.4 is 9.62 Å². The minimum absolute atomic E-state index is 0.0454. The molecule has 1 fully saturated rings. The molecule has 0 spiro atoms. The van der Waals surface area contributed by atoms with Gasteiger partial charge in [-0.15, -0.1) is 0 Å². The van der Waals surface area contributed by atoms with E-state index >= 15 is 0 Å². The number of para-hydroxylation sites is 1. The number of benzene rings is 2. The number of amides is 2. The van der Waals surface area contributed by atoms with Crippen molar-refractivity contribution in [3.05, 3.63) is 65.5 Å². The highest BCUT2D eigenvalue weighted by molar-refractivity contribution is 7.92. The van der Waals surface area contributed by atoms with Gasteiger partial charge < -0.3 is 10.2 Å². The second-order valence-electron chi connectivity index (χ2n) is 8.87. The largest absolute Gasteiger partial charge is 0.352 e. The number of aryl methyl sites for hydroxylation is 1. The van der Waals surface area contributed by atoms with E-state index < -0.39 is 34.3 Å². The quantitative estimate of drug-likeness (QED) is 0.585. The minimum Gasteiger partial charge on any atom is -0.352 e. The van der Waals surface area contributed by atoms with E-state index in [4.69, 9.17) is 0 Å². The molecule has 1 saturated carbocycles. The molecule has 0 aromatic heterocycles. The van der Waals surface area contributed by atoms with Crippen molar-refractivity contribution in [1.29, 1.82) is 0 Å². The third-order valence-electron chi connectivity index (χ3n) is 6.20. The topological polar surface area (TPSA) is 86.8 Å². The number of hydrogen-bond acceptors (Lipinski definition) is 4. The fourth-order valence-electron chi connectivity index (χ4n) is 4.20. The van der Waals surface area contributed by atoms with Gasteiger partial charge in [-0.1, -0.05) is 43.2 Å². The summed E-state index contributed by atoms with van der Waals surface area (Å²) in [4.78, 5) is 27.9. The molecular formula is C25H32FN3O4S. The Kier molecular flexibility index (Phi) is 8.30. The maximum Gasteiger partial charge on any atom is 0.244 e. The molecule has 0 unspecified atom stereocenters. The molecule has 2 aromatic carbocycles. The lowest BCUT2D eigenvalue weighted by molar-refractivity contribution is -0.139. The number of hydrogen-bond donors (Lipinski definition) is 1. The van der Waals surface area contributed by atoms with Crippen molar-refractivity contribution >= 4 is 27.5 Å². The van der Waals surface area contributed by atoms with Gasteiger partial charge in [0.1, 0.15) is 18.4 Å². The van der Waals surface area contributed by atoms with Crippen LogP contribution >= 0.6 is 0 Å². The average Bonchev–Trinajstić information content (AvgIpc) is 3.29. The number of rotatable bonds is 9. The second-order valence-corrected chi connectivity index (χ2v) is 10.8. The summed E-state index contributed by atoms with van der Waals surface area (Å²) in [6.45, 7) is 2.99. The molecule has 1 aliphatic carbocycles. The molecule has 2 aromatic rings. The summed E-state index contributed by atoms with van der Waals surface area (Å²) in [5.41, 5.74) is 1.75. The predicted octanol–water partition coefficient (Wildman–Crippen LogP) is 3.38. The van der Waals surface area contributed by atoms with E-state index in [1.165, 1.54) is 17.0 Å². The second kappa shape index (κ2) is 11.0. The first-order valence-corrected chi connectivity index (χ1v) is 13.3. The van der Waals surface area contributed by atoms with E-state index in [-0.39, 0.29) is 18.5 Å². The fraction of sp³-hybridized carbons (Fsp3) is 0.440. The van der Waals surface area contributed by atoms with Crippen molar-refractivity contribution in [3.63, 3.8) is 0 Å². The Bertz CT molecular complexity index is 1120. The molecule has 34 heavy (non-hydrogen) atoms. The summed E-state index contributed by atoms with van der Waals surface area (Å²) in [5.74, 6) is -1.22. The Morgan fingerprint density at radius 3 is 2.29 bits per heavy atom. The lowest BCUT2D eigenvalue weighted by atomic mass is 10.1. The monoisotopic (exact) mass is 489 g/mol. The number of sulfonamides is 1. The molecule has 0 saturated heterocycles. The lowest BCUT2D eigenvalue weighted by Crippen LogP contribution is -2.52. The molecule has 9 heteroatoms. The first kappa shape index (κ1) is 25.7. The third-order valence-corrected chi connectivity index (χ3v) is 7.32. The molecule has 2 amide bonds. The Balaban J connectivity index is 1.88. The highest BCUT2D eigenvalue weighted by Gasteiger charge is 2.31. The van der Waals surface area contributed by atoms with Gasteiger partial charge in [0.05, 0.1) is 11.9 Å². The lowest BCUT2D eigenvalue weighted by Gasteiger charge is -2.32. The molecule has 1 aliphatic rings. The van der Waals surface area contributed by atoms with Gasteiger partial charge in [0.2, 0.25) is 21.8 Å². The van der Waals surface area contributed by atoms with E-state index in [1.54, 1.807) is 50.2 Å². The van der Waals surface area contributed by atoms with Crippen LogP contribution in [0.3, 0.4) is 0 Å². The van der Waals surface area contributed by atoms with Gasteiger partial charge in [0.25, 0.3) is 0 Å². The van der Waals surface area contributed by atoms with E-state index in [2.05, 4.69) is 5.32 Å². The first-order chi connectivity index (χ1) is 16.1. The Morgan fingerprint density at radius 2 is 1.71 bits per heavy atom. The fourth-order valence-corrected chi connectivity index (χ4v) is 5.11. The zero-order chi connectivity index (χ0) is 24.9. The molecule has 0 aliphatic heterocycles. The summed E-state index contributed by atoms with van der Waals surface area (Å²) in [5, 5.41) is 3.01. The predicted molar refractivity (Wildman–Crippen MR) is 130 cm³/mol. The standard InChI is InChI=1S/C25H32FN3O4S/c1-18-8-4-7-11-23(18)29(34(3,32)33)17-24(30)28(16-20-12-14-21(26)15-13-20)19(2)25(31)27-22-9-5-6-10-22/h4,7-8,11-15,19,22H,5-6,9-10,16-17H2,1-3H3,(H,27,31)/t19-/m0/s1. The van der Waals surface area contributed by atoms with Crippen molar-refractivity contribution in [2.45, 2.75) is 58.2 Å². The Hall–Kier alpha value is -2.94. The Morgan fingerprint density at radius 1 is 1.09 bits per heavy atom. The van der Waals surface area contributed by atoms with Gasteiger partial charge in [-0.25, -0.2) is 12.8 Å². The first-order valence-electron chi connectivity index (χ1n) is 11.4. The Labute approximate surface area is 201 Å². The van der Waals surface area contributed by atoms with Crippen LogP contribution in [0, 0.1) is 12.7 Å². The number of carbonyl (C=O) groups excluding carboxylic acids is 2. The summed E-state index contributed by atoms with van der Waals surface area (Å²) in [7, 11) is -3.78. The van der Waals surface area contributed by atoms with Gasteiger partial charge in [-0.3, -0.25) is 13.9 Å². The number of nitrogens with zero attached hydrogens (tertiary/aromatic N) is 2. The molecule has 184 valence electrons. The normalized spacial score (nSPS) is 15.1. The van der Waals surface area contributed by atoms with Gasteiger partial charge in [-0.05, 0) is 56.0 Å². The molecular weight excluding hydrogens is 457 g/mol. The minimum atomic E-state index is -3.78. The molecule has 0 radical (unpaired) electrons. The van der Waals surface area contributed by atoms with Crippen LogP contribution in [0.2, 0.25) is 0 Å². The zero-order valence-electron chi connectivity index (χ0n) is 19.8. The van der Waals surface area contributed by atoms with Gasteiger partial charge in [0.15, 0.2) is 0 Å². The average molecular weight is 490 g/mol. The number of carbonyl (C=O) groups is 2. The summed E-state index contributed by atoms with van der Waals surface area (Å²) >= 11 is 0. The van der Waals surface area contributed by atoms with Crippen LogP contribution in [0.25, 0.3) is 0 Å². The maximum atomic E-state index is 13.5. The van der Waals surface area contributed by atoms with Crippen LogP contribution in [0.15, 0.2) is 48.5 Å². The highest BCUT2D eigenvalue weighted by Crippen LogP contribution is 2.23. The number of nitrogens with one attached hydrogen (secondary N) is 1. The van der Waals surface area contributed by atoms with Gasteiger partial charge >= 0.3 is 0 Å². The highest BCUT2D eigenvalue weighted by atomic mass is 32.2. The molecule has 0 bridgehead atoms. The van der Waals surface area contributed by atoms with Crippen molar-refractivity contribution < 1.29 is 22.4 Å². The van der Waals surface area contributed by atoms with Crippen LogP contribution in [0.5, 0.6) is 0 Å². The van der Waals surface area contributed by atoms with Crippen LogP contribution in [-0.2, 0) is 26.2 Å². The van der Waals surface area contributed by atoms with Gasteiger partial charge in [0, 0.05) is 12.6 Å². The summed E-state index contributed by atoms with van der Waals surface area (Å²) < 4.78 is 39.7. The van der Waals surface area contributed by atoms with Crippen LogP contribution in [0.4, 0.5) is 10.1 Å². The smallest absolute Gasteiger partial charge is 0.244 e. The van der Waals surface area contributed by atoms with Crippen molar-refractivity contribution in [3.8, 4) is 0 Å². The number of anilines is 1. The molecule has 0 heterocycles. The van der Waals surface area contributed by atoms with Crippen LogP contribution in [0.1, 0.15) is 43.7 Å². The van der Waals surface area contributed by atoms with E-state index in [0.29, 0.717) is 16.8 Å². The summed E-state index contributed by atoms with van der Waals surface area (Å²) in [6, 6.07) is 11.8. The van der Waals surface area contributed by atoms with Crippen molar-refractivity contribution in [2.75, 3.05) is 17.1 Å².